The van der Waals surface area contributed by atoms with Crippen molar-refractivity contribution in [2.45, 2.75) is 12.8 Å². The highest BCUT2D eigenvalue weighted by molar-refractivity contribution is 5.75. The van der Waals surface area contributed by atoms with E-state index in [9.17, 15) is 9.59 Å². The van der Waals surface area contributed by atoms with Gasteiger partial charge in [-0.05, 0) is 0 Å². The molecule has 4 N–H and O–H groups in total. The summed E-state index contributed by atoms with van der Waals surface area (Å²) in [4.78, 5) is 19.3. The molecule has 6 nitrogen and oxygen atoms in total. The molecule has 6 heteroatoms. The minimum absolute atomic E-state index is 0.125. The molecule has 12 heavy (non-hydrogen) atoms. The highest BCUT2D eigenvalue weighted by atomic mass is 16.4. The van der Waals surface area contributed by atoms with E-state index in [0.29, 0.717) is 0 Å². The molecule has 0 aromatic carbocycles. The van der Waals surface area contributed by atoms with Gasteiger partial charge < -0.3 is 20.4 Å². The van der Waals surface area contributed by atoms with Crippen LogP contribution in [0.4, 0.5) is 0 Å². The monoisotopic (exact) mass is 180 g/mol. The van der Waals surface area contributed by atoms with Gasteiger partial charge in [-0.2, -0.15) is 0 Å². The van der Waals surface area contributed by atoms with Crippen LogP contribution in [0.15, 0.2) is 0 Å². The van der Waals surface area contributed by atoms with Gasteiger partial charge >= 0.3 is 11.9 Å². The Morgan fingerprint density at radius 1 is 0.833 bits per heavy atom. The highest BCUT2D eigenvalue weighted by Gasteiger charge is 2.00. The zero-order valence-corrected chi connectivity index (χ0v) is 6.43. The van der Waals surface area contributed by atoms with Gasteiger partial charge in [0.05, 0.1) is 26.1 Å². The molecule has 0 saturated carbocycles. The maximum Gasteiger partial charge on any atom is 0.303 e. The van der Waals surface area contributed by atoms with Crippen molar-refractivity contribution in [1.82, 2.24) is 0 Å². The molecule has 0 aromatic heterocycles. The lowest BCUT2D eigenvalue weighted by Gasteiger charge is -1.85. The van der Waals surface area contributed by atoms with Crippen molar-refractivity contribution in [1.29, 1.82) is 0 Å². The second-order valence-corrected chi connectivity index (χ2v) is 1.73. The second-order valence-electron chi connectivity index (χ2n) is 1.73. The van der Waals surface area contributed by atoms with Crippen molar-refractivity contribution in [3.05, 3.63) is 0 Å². The van der Waals surface area contributed by atoms with Crippen LogP contribution in [0.2, 0.25) is 0 Å². The van der Waals surface area contributed by atoms with Crippen LogP contribution in [0, 0.1) is 0 Å². The summed E-state index contributed by atoms with van der Waals surface area (Å²) >= 11 is 0. The molecule has 72 valence electrons. The van der Waals surface area contributed by atoms with Crippen molar-refractivity contribution in [2.75, 3.05) is 13.2 Å². The van der Waals surface area contributed by atoms with Gasteiger partial charge in [0.1, 0.15) is 0 Å². The van der Waals surface area contributed by atoms with Crippen molar-refractivity contribution in [3.8, 4) is 0 Å². The van der Waals surface area contributed by atoms with Crippen LogP contribution in [-0.4, -0.2) is 45.6 Å². The Morgan fingerprint density at radius 2 is 1.08 bits per heavy atom. The number of aliphatic carboxylic acids is 2. The fourth-order valence-corrected chi connectivity index (χ4v) is 0.214. The summed E-state index contributed by atoms with van der Waals surface area (Å²) in [6, 6.07) is 0. The first kappa shape index (κ1) is 13.4. The smallest absolute Gasteiger partial charge is 0.303 e. The number of carboxylic acid groups (broad SMARTS) is 2. The maximum atomic E-state index is 9.64. The van der Waals surface area contributed by atoms with E-state index in [0.717, 1.165) is 0 Å². The van der Waals surface area contributed by atoms with E-state index in [1.165, 1.54) is 0 Å². The number of hydrogen-bond donors (Lipinski definition) is 4. The van der Waals surface area contributed by atoms with Gasteiger partial charge in [-0.15, -0.1) is 0 Å². The van der Waals surface area contributed by atoms with Crippen LogP contribution in [0.25, 0.3) is 0 Å². The fourth-order valence-electron chi connectivity index (χ4n) is 0.214. The van der Waals surface area contributed by atoms with Gasteiger partial charge in [0.25, 0.3) is 0 Å². The summed E-state index contributed by atoms with van der Waals surface area (Å²) in [5, 5.41) is 31.0. The fraction of sp³-hybridized carbons (Fsp3) is 0.667. The number of aliphatic hydroxyl groups excluding tert-OH is 2. The van der Waals surface area contributed by atoms with E-state index in [1.54, 1.807) is 0 Å². The standard InChI is InChI=1S/C4H6O4.C2H6O2/c5-3(6)1-2-4(7)8;3-1-2-4/h1-2H2,(H,5,6)(H,7,8);3-4H,1-2H2. The van der Waals surface area contributed by atoms with Crippen molar-refractivity contribution < 1.29 is 30.0 Å². The molecule has 0 fully saturated rings. The van der Waals surface area contributed by atoms with Gasteiger partial charge in [0, 0.05) is 0 Å². The molecule has 0 aliphatic carbocycles. The summed E-state index contributed by atoms with van der Waals surface area (Å²) < 4.78 is 0. The molecule has 0 amide bonds. The SMILES string of the molecule is O=C(O)CCC(=O)O.OCCO. The first-order valence-electron chi connectivity index (χ1n) is 3.20. The lowest BCUT2D eigenvalue weighted by Crippen LogP contribution is -2.00. The third-order valence-corrected chi connectivity index (χ3v) is 0.653. The van der Waals surface area contributed by atoms with Crippen LogP contribution in [-0.2, 0) is 9.59 Å². The molecule has 0 bridgehead atoms. The quantitative estimate of drug-likeness (QED) is 0.437. The Balaban J connectivity index is 0. The topological polar surface area (TPSA) is 115 Å². The van der Waals surface area contributed by atoms with Crippen LogP contribution >= 0.6 is 0 Å². The lowest BCUT2D eigenvalue weighted by molar-refractivity contribution is -0.143. The molecular weight excluding hydrogens is 168 g/mol. The van der Waals surface area contributed by atoms with E-state index in [2.05, 4.69) is 0 Å². The summed E-state index contributed by atoms with van der Waals surface area (Å²) in [6.45, 7) is -0.250. The van der Waals surface area contributed by atoms with Crippen LogP contribution in [0.5, 0.6) is 0 Å². The summed E-state index contributed by atoms with van der Waals surface area (Å²) in [6.07, 6.45) is -0.593. The van der Waals surface area contributed by atoms with E-state index >= 15 is 0 Å². The summed E-state index contributed by atoms with van der Waals surface area (Å²) in [7, 11) is 0. The molecule has 0 aliphatic heterocycles. The average molecular weight is 180 g/mol. The van der Waals surface area contributed by atoms with Gasteiger partial charge in [-0.3, -0.25) is 9.59 Å². The predicted octanol–water partition coefficient (Wildman–Crippen LogP) is -1.09. The zero-order valence-electron chi connectivity index (χ0n) is 6.43. The lowest BCUT2D eigenvalue weighted by atomic mass is 10.3. The van der Waals surface area contributed by atoms with E-state index in [-0.39, 0.29) is 26.1 Å². The Morgan fingerprint density at radius 3 is 1.17 bits per heavy atom. The summed E-state index contributed by atoms with van der Waals surface area (Å²) in [5.41, 5.74) is 0. The third-order valence-electron chi connectivity index (χ3n) is 0.653. The Labute approximate surface area is 69.1 Å². The van der Waals surface area contributed by atoms with Gasteiger partial charge in [0.15, 0.2) is 0 Å². The number of hydrogen-bond acceptors (Lipinski definition) is 4. The highest BCUT2D eigenvalue weighted by Crippen LogP contribution is 1.86. The molecule has 0 spiro atoms. The van der Waals surface area contributed by atoms with Crippen LogP contribution < -0.4 is 0 Å². The van der Waals surface area contributed by atoms with Gasteiger partial charge in [-0.25, -0.2) is 0 Å². The van der Waals surface area contributed by atoms with Gasteiger partial charge in [0.2, 0.25) is 0 Å². The third kappa shape index (κ3) is 23.2. The van der Waals surface area contributed by atoms with Crippen LogP contribution in [0.1, 0.15) is 12.8 Å². The normalized spacial score (nSPS) is 8.17. The molecule has 0 atom stereocenters. The van der Waals surface area contributed by atoms with Gasteiger partial charge in [-0.1, -0.05) is 0 Å². The summed E-state index contributed by atoms with van der Waals surface area (Å²) in [5.74, 6) is -2.15. The largest absolute Gasteiger partial charge is 0.481 e. The molecule has 0 saturated heterocycles. The minimum atomic E-state index is -1.08. The van der Waals surface area contributed by atoms with E-state index in [1.807, 2.05) is 0 Å². The number of carboxylic acids is 2. The molecule has 0 radical (unpaired) electrons. The van der Waals surface area contributed by atoms with E-state index < -0.39 is 11.9 Å². The Kier molecular flexibility index (Phi) is 11.1. The average Bonchev–Trinajstić information content (AvgIpc) is 2.01. The van der Waals surface area contributed by atoms with E-state index in [4.69, 9.17) is 20.4 Å². The molecule has 0 aliphatic rings. The van der Waals surface area contributed by atoms with Crippen molar-refractivity contribution >= 4 is 11.9 Å². The molecule has 0 unspecified atom stereocenters. The predicted molar refractivity (Wildman–Crippen MR) is 38.7 cm³/mol. The molecular formula is C6H12O6. The first-order chi connectivity index (χ1) is 5.54. The van der Waals surface area contributed by atoms with Crippen LogP contribution in [0.3, 0.4) is 0 Å². The Hall–Kier alpha value is -1.14. The zero-order chi connectivity index (χ0) is 9.98. The molecule has 0 heterocycles. The number of aliphatic hydroxyl groups is 2. The second kappa shape index (κ2) is 9.86. The number of carbonyl (C=O) groups is 2. The maximum absolute atomic E-state index is 9.64. The Bertz CT molecular complexity index is 116. The molecule has 0 rings (SSSR count). The minimum Gasteiger partial charge on any atom is -0.481 e. The number of rotatable bonds is 4. The molecule has 0 aromatic rings. The van der Waals surface area contributed by atoms with Crippen molar-refractivity contribution in [2.24, 2.45) is 0 Å². The van der Waals surface area contributed by atoms with Crippen molar-refractivity contribution in [3.63, 3.8) is 0 Å². The first-order valence-corrected chi connectivity index (χ1v) is 3.20.